The summed E-state index contributed by atoms with van der Waals surface area (Å²) in [6.07, 6.45) is 3.67. The number of hydrogen-bond donors (Lipinski definition) is 4. The summed E-state index contributed by atoms with van der Waals surface area (Å²) in [6.45, 7) is 17.4. The fourth-order valence-corrected chi connectivity index (χ4v) is 8.96. The largest absolute Gasteiger partial charge is 0.342 e. The van der Waals surface area contributed by atoms with E-state index in [1.165, 1.54) is 0 Å². The third kappa shape index (κ3) is 14.2. The van der Waals surface area contributed by atoms with Gasteiger partial charge in [0.15, 0.2) is 0 Å². The molecule has 3 aromatic rings. The zero-order valence-electron chi connectivity index (χ0n) is 42.3. The molecule has 2 heterocycles. The van der Waals surface area contributed by atoms with Gasteiger partial charge in [0.2, 0.25) is 35.4 Å². The minimum absolute atomic E-state index is 0.128. The van der Waals surface area contributed by atoms with Gasteiger partial charge in [-0.2, -0.15) is 0 Å². The van der Waals surface area contributed by atoms with Crippen molar-refractivity contribution in [2.24, 2.45) is 10.8 Å². The molecule has 2 aliphatic heterocycles. The van der Waals surface area contributed by atoms with Crippen LogP contribution < -0.4 is 21.3 Å². The Morgan fingerprint density at radius 2 is 0.882 bits per heavy atom. The van der Waals surface area contributed by atoms with E-state index in [1.807, 2.05) is 136 Å². The van der Waals surface area contributed by atoms with Crippen molar-refractivity contribution in [1.29, 1.82) is 0 Å². The molecule has 0 radical (unpaired) electrons. The number of nitrogens with one attached hydrogen (secondary N) is 4. The van der Waals surface area contributed by atoms with Gasteiger partial charge in [0.1, 0.15) is 24.2 Å². The minimum Gasteiger partial charge on any atom is -0.342 e. The summed E-state index contributed by atoms with van der Waals surface area (Å²) < 4.78 is 0. The molecule has 2 fully saturated rings. The second-order valence-corrected chi connectivity index (χ2v) is 20.8. The lowest BCUT2D eigenvalue weighted by molar-refractivity contribution is -0.147. The standard InChI is InChI=1S/C54H78N8O6/c1-37(55-9)47(63)57-45(53(3,4)5)51(67)61-31-17-23-43(61)49(65)59(33-29-39-19-13-11-14-20-39)35-41-25-27-42(28-26-41)36-60(34-30-40-21-15-12-16-22-40)50(66)44-24-18-32-62(44)52(68)46(54(6,7)8)58-48(64)38(2)56-10/h11-16,19-22,25-28,37-38,43-46,55-56H,17-18,23-24,29-36H2,1-10H3,(H,57,63)(H,58,64)/t37-,38-,43-,44-,45+,46+/m0/s1. The van der Waals surface area contributed by atoms with E-state index in [-0.39, 0.29) is 35.4 Å². The fraction of sp³-hybridized carbons (Fsp3) is 0.556. The molecule has 0 aromatic heterocycles. The van der Waals surface area contributed by atoms with Gasteiger partial charge in [-0.05, 0) is 99.6 Å². The summed E-state index contributed by atoms with van der Waals surface area (Å²) in [6, 6.07) is 24.1. The van der Waals surface area contributed by atoms with E-state index in [1.54, 1.807) is 37.7 Å². The molecule has 0 spiro atoms. The highest BCUT2D eigenvalue weighted by molar-refractivity contribution is 5.95. The molecule has 6 amide bonds. The maximum Gasteiger partial charge on any atom is 0.246 e. The second kappa shape index (κ2) is 24.1. The molecule has 370 valence electrons. The summed E-state index contributed by atoms with van der Waals surface area (Å²) in [4.78, 5) is 91.3. The highest BCUT2D eigenvalue weighted by Crippen LogP contribution is 2.29. The topological polar surface area (TPSA) is 164 Å². The van der Waals surface area contributed by atoms with Gasteiger partial charge in [-0.25, -0.2) is 0 Å². The van der Waals surface area contributed by atoms with Crippen LogP contribution in [0, 0.1) is 10.8 Å². The number of amides is 6. The molecule has 3 aromatic carbocycles. The molecule has 2 aliphatic rings. The van der Waals surface area contributed by atoms with Gasteiger partial charge in [-0.15, -0.1) is 0 Å². The van der Waals surface area contributed by atoms with Crippen LogP contribution in [0.25, 0.3) is 0 Å². The maximum absolute atomic E-state index is 14.7. The fourth-order valence-electron chi connectivity index (χ4n) is 8.96. The summed E-state index contributed by atoms with van der Waals surface area (Å²) >= 11 is 0. The summed E-state index contributed by atoms with van der Waals surface area (Å²) in [7, 11) is 3.40. The van der Waals surface area contributed by atoms with Crippen LogP contribution in [0.4, 0.5) is 0 Å². The molecule has 14 heteroatoms. The van der Waals surface area contributed by atoms with Crippen LogP contribution in [-0.4, -0.2) is 132 Å². The molecule has 0 saturated carbocycles. The monoisotopic (exact) mass is 935 g/mol. The van der Waals surface area contributed by atoms with E-state index in [4.69, 9.17) is 0 Å². The number of carbonyl (C=O) groups is 6. The minimum atomic E-state index is -0.818. The van der Waals surface area contributed by atoms with Gasteiger partial charge in [-0.3, -0.25) is 28.8 Å². The lowest BCUT2D eigenvalue weighted by atomic mass is 9.85. The average molecular weight is 935 g/mol. The van der Waals surface area contributed by atoms with Crippen molar-refractivity contribution in [3.05, 3.63) is 107 Å². The zero-order valence-corrected chi connectivity index (χ0v) is 42.3. The smallest absolute Gasteiger partial charge is 0.246 e. The molecule has 0 unspecified atom stereocenters. The van der Waals surface area contributed by atoms with E-state index >= 15 is 0 Å². The van der Waals surface area contributed by atoms with Crippen LogP contribution in [-0.2, 0) is 54.7 Å². The second-order valence-electron chi connectivity index (χ2n) is 20.8. The first-order chi connectivity index (χ1) is 32.2. The van der Waals surface area contributed by atoms with Gasteiger partial charge in [0.05, 0.1) is 12.1 Å². The van der Waals surface area contributed by atoms with Crippen LogP contribution in [0.2, 0.25) is 0 Å². The first-order valence-electron chi connectivity index (χ1n) is 24.5. The first kappa shape index (κ1) is 53.4. The summed E-state index contributed by atoms with van der Waals surface area (Å²) in [5.41, 5.74) is 2.81. The lowest BCUT2D eigenvalue weighted by Crippen LogP contribution is -2.59. The van der Waals surface area contributed by atoms with Crippen molar-refractivity contribution in [2.75, 3.05) is 40.3 Å². The van der Waals surface area contributed by atoms with Crippen molar-refractivity contribution < 1.29 is 28.8 Å². The van der Waals surface area contributed by atoms with Crippen LogP contribution >= 0.6 is 0 Å². The van der Waals surface area contributed by atoms with Crippen molar-refractivity contribution in [3.8, 4) is 0 Å². The predicted octanol–water partition coefficient (Wildman–Crippen LogP) is 5.09. The third-order valence-electron chi connectivity index (χ3n) is 13.5. The Morgan fingerprint density at radius 3 is 1.19 bits per heavy atom. The van der Waals surface area contributed by atoms with Crippen LogP contribution in [0.1, 0.15) is 103 Å². The average Bonchev–Trinajstić information content (AvgIpc) is 4.03. The van der Waals surface area contributed by atoms with Gasteiger partial charge in [-0.1, -0.05) is 126 Å². The Bertz CT molecular complexity index is 2000. The molecule has 68 heavy (non-hydrogen) atoms. The van der Waals surface area contributed by atoms with E-state index in [2.05, 4.69) is 21.3 Å². The summed E-state index contributed by atoms with van der Waals surface area (Å²) in [5.74, 6) is -1.32. The number of likely N-dealkylation sites (tertiary alicyclic amines) is 2. The Labute approximate surface area is 405 Å². The molecule has 5 rings (SSSR count). The highest BCUT2D eigenvalue weighted by atomic mass is 16.2. The van der Waals surface area contributed by atoms with E-state index < -0.39 is 47.1 Å². The Morgan fingerprint density at radius 1 is 0.544 bits per heavy atom. The Hall–Kier alpha value is -5.60. The molecule has 14 nitrogen and oxygen atoms in total. The van der Waals surface area contributed by atoms with Gasteiger partial charge >= 0.3 is 0 Å². The third-order valence-corrected chi connectivity index (χ3v) is 13.5. The molecule has 6 atom stereocenters. The van der Waals surface area contributed by atoms with Gasteiger partial charge in [0.25, 0.3) is 0 Å². The molecular formula is C54H78N8O6. The van der Waals surface area contributed by atoms with E-state index in [0.29, 0.717) is 77.8 Å². The van der Waals surface area contributed by atoms with Crippen LogP contribution in [0.5, 0.6) is 0 Å². The number of nitrogens with zero attached hydrogens (tertiary/aromatic N) is 4. The molecular weight excluding hydrogens is 857 g/mol. The number of benzene rings is 3. The van der Waals surface area contributed by atoms with E-state index in [0.717, 1.165) is 22.3 Å². The van der Waals surface area contributed by atoms with Crippen molar-refractivity contribution in [1.82, 2.24) is 40.9 Å². The molecule has 2 saturated heterocycles. The SMILES string of the molecule is CN[C@@H](C)C(=O)N[C@H](C(=O)N1CCC[C@H]1C(=O)N(CCc1ccccc1)Cc1ccc(CN(CCc2ccccc2)C(=O)[C@@H]2CCCN2C(=O)[C@@H](NC(=O)[C@H](C)NC)C(C)(C)C)cc1)C(C)(C)C. The van der Waals surface area contributed by atoms with Crippen molar-refractivity contribution in [3.63, 3.8) is 0 Å². The van der Waals surface area contributed by atoms with Crippen LogP contribution in [0.3, 0.4) is 0 Å². The van der Waals surface area contributed by atoms with Crippen molar-refractivity contribution in [2.45, 2.75) is 143 Å². The molecule has 0 bridgehead atoms. The summed E-state index contributed by atoms with van der Waals surface area (Å²) in [5, 5.41) is 11.8. The number of carbonyl (C=O) groups excluding carboxylic acids is 6. The molecule has 4 N–H and O–H groups in total. The zero-order chi connectivity index (χ0) is 49.8. The number of hydrogen-bond acceptors (Lipinski definition) is 8. The molecule has 0 aliphatic carbocycles. The number of rotatable bonds is 20. The van der Waals surface area contributed by atoms with E-state index in [9.17, 15) is 28.8 Å². The lowest BCUT2D eigenvalue weighted by Gasteiger charge is -2.37. The Kier molecular flexibility index (Phi) is 18.9. The van der Waals surface area contributed by atoms with Gasteiger partial charge < -0.3 is 40.9 Å². The highest BCUT2D eigenvalue weighted by Gasteiger charge is 2.45. The van der Waals surface area contributed by atoms with Gasteiger partial charge in [0, 0.05) is 39.3 Å². The normalized spacial score (nSPS) is 18.0. The van der Waals surface area contributed by atoms with Crippen LogP contribution in [0.15, 0.2) is 84.9 Å². The first-order valence-corrected chi connectivity index (χ1v) is 24.5. The maximum atomic E-state index is 14.7. The predicted molar refractivity (Wildman–Crippen MR) is 267 cm³/mol. The number of likely N-dealkylation sites (N-methyl/N-ethyl adjacent to an activating group) is 2. The Balaban J connectivity index is 1.37. The quantitative estimate of drug-likeness (QED) is 0.122. The van der Waals surface area contributed by atoms with Crippen molar-refractivity contribution >= 4 is 35.4 Å².